The molecule has 2 aliphatic rings. The van der Waals surface area contributed by atoms with Crippen molar-refractivity contribution in [2.75, 3.05) is 19.2 Å². The first-order chi connectivity index (χ1) is 11.2. The zero-order valence-corrected chi connectivity index (χ0v) is 12.5. The molecule has 4 rings (SSSR count). The van der Waals surface area contributed by atoms with E-state index in [0.29, 0.717) is 29.4 Å². The first-order valence-electron chi connectivity index (χ1n) is 7.26. The first-order valence-corrected chi connectivity index (χ1v) is 7.26. The molecule has 0 saturated heterocycles. The Morgan fingerprint density at radius 2 is 2.00 bits per heavy atom. The Balaban J connectivity index is 1.81. The summed E-state index contributed by atoms with van der Waals surface area (Å²) < 4.78 is 15.9. The highest BCUT2D eigenvalue weighted by Crippen LogP contribution is 2.45. The van der Waals surface area contributed by atoms with Crippen molar-refractivity contribution in [1.29, 1.82) is 0 Å². The van der Waals surface area contributed by atoms with Gasteiger partial charge in [0.15, 0.2) is 23.0 Å². The van der Waals surface area contributed by atoms with Crippen LogP contribution in [0.2, 0.25) is 0 Å². The molecule has 0 spiro atoms. The van der Waals surface area contributed by atoms with Gasteiger partial charge in [-0.15, -0.1) is 0 Å². The summed E-state index contributed by atoms with van der Waals surface area (Å²) in [5, 5.41) is 12.9. The van der Waals surface area contributed by atoms with Gasteiger partial charge in [-0.05, 0) is 29.3 Å². The second-order valence-corrected chi connectivity index (χ2v) is 5.53. The standard InChI is InChI=1S/C17H15NO5/c1-21-14-3-2-9(4-13(14)19)10-6-17(20)18-12-7-16-15(5-11(10)12)22-8-23-16/h2-5,7,10,19H,6,8H2,1H3,(H,18,20)/t10-/m1/s1. The minimum atomic E-state index is -0.162. The highest BCUT2D eigenvalue weighted by atomic mass is 16.7. The SMILES string of the molecule is COc1ccc([C@H]2CC(=O)Nc3cc4c(cc32)OCO4)cc1O. The van der Waals surface area contributed by atoms with Gasteiger partial charge in [-0.2, -0.15) is 0 Å². The Morgan fingerprint density at radius 3 is 2.74 bits per heavy atom. The number of aromatic hydroxyl groups is 1. The predicted molar refractivity (Wildman–Crippen MR) is 82.3 cm³/mol. The smallest absolute Gasteiger partial charge is 0.231 e. The molecule has 0 aromatic heterocycles. The van der Waals surface area contributed by atoms with E-state index in [1.807, 2.05) is 12.1 Å². The van der Waals surface area contributed by atoms with E-state index in [-0.39, 0.29) is 24.4 Å². The van der Waals surface area contributed by atoms with Crippen molar-refractivity contribution in [3.63, 3.8) is 0 Å². The molecule has 2 N–H and O–H groups in total. The Kier molecular flexibility index (Phi) is 3.04. The first kappa shape index (κ1) is 13.8. The quantitative estimate of drug-likeness (QED) is 0.891. The molecular weight excluding hydrogens is 298 g/mol. The van der Waals surface area contributed by atoms with Crippen LogP contribution < -0.4 is 19.5 Å². The van der Waals surface area contributed by atoms with Crippen molar-refractivity contribution >= 4 is 11.6 Å². The molecular formula is C17H15NO5. The van der Waals surface area contributed by atoms with Crippen molar-refractivity contribution in [2.45, 2.75) is 12.3 Å². The lowest BCUT2D eigenvalue weighted by atomic mass is 9.84. The summed E-state index contributed by atoms with van der Waals surface area (Å²) in [6, 6.07) is 8.87. The van der Waals surface area contributed by atoms with Gasteiger partial charge in [0.2, 0.25) is 12.7 Å². The number of phenols is 1. The number of ether oxygens (including phenoxy) is 3. The van der Waals surface area contributed by atoms with Crippen LogP contribution in [0.4, 0.5) is 5.69 Å². The van der Waals surface area contributed by atoms with Crippen LogP contribution in [0.15, 0.2) is 30.3 Å². The van der Waals surface area contributed by atoms with Crippen molar-refractivity contribution in [1.82, 2.24) is 0 Å². The van der Waals surface area contributed by atoms with E-state index in [2.05, 4.69) is 5.32 Å². The van der Waals surface area contributed by atoms with Gasteiger partial charge >= 0.3 is 0 Å². The van der Waals surface area contributed by atoms with Gasteiger partial charge in [-0.3, -0.25) is 4.79 Å². The van der Waals surface area contributed by atoms with Crippen LogP contribution in [-0.4, -0.2) is 24.9 Å². The molecule has 1 amide bonds. The zero-order valence-electron chi connectivity index (χ0n) is 12.5. The normalized spacial score (nSPS) is 18.3. The number of benzene rings is 2. The number of methoxy groups -OCH3 is 1. The third-order valence-electron chi connectivity index (χ3n) is 4.19. The molecule has 118 valence electrons. The molecule has 0 fully saturated rings. The summed E-state index contributed by atoms with van der Waals surface area (Å²) >= 11 is 0. The Morgan fingerprint density at radius 1 is 1.22 bits per heavy atom. The molecule has 2 heterocycles. The average Bonchev–Trinajstić information content (AvgIpc) is 2.99. The topological polar surface area (TPSA) is 77.0 Å². The highest BCUT2D eigenvalue weighted by Gasteiger charge is 2.30. The average molecular weight is 313 g/mol. The number of hydrogen-bond donors (Lipinski definition) is 2. The molecule has 0 radical (unpaired) electrons. The third-order valence-corrected chi connectivity index (χ3v) is 4.19. The third kappa shape index (κ3) is 2.23. The second-order valence-electron chi connectivity index (χ2n) is 5.53. The number of nitrogens with one attached hydrogen (secondary N) is 1. The van der Waals surface area contributed by atoms with E-state index in [1.165, 1.54) is 7.11 Å². The second kappa shape index (κ2) is 5.08. The predicted octanol–water partition coefficient (Wildman–Crippen LogP) is 2.60. The fraction of sp³-hybridized carbons (Fsp3) is 0.235. The monoisotopic (exact) mass is 313 g/mol. The van der Waals surface area contributed by atoms with Crippen LogP contribution in [0.3, 0.4) is 0 Å². The number of rotatable bonds is 2. The fourth-order valence-corrected chi connectivity index (χ4v) is 3.07. The molecule has 2 aromatic rings. The number of carbonyl (C=O) groups excluding carboxylic acids is 1. The van der Waals surface area contributed by atoms with E-state index in [1.54, 1.807) is 18.2 Å². The van der Waals surface area contributed by atoms with Crippen LogP contribution >= 0.6 is 0 Å². The number of phenolic OH excluding ortho intramolecular Hbond substituents is 1. The molecule has 1 atom stereocenters. The molecule has 0 aliphatic carbocycles. The van der Waals surface area contributed by atoms with Gasteiger partial charge in [-0.25, -0.2) is 0 Å². The number of amides is 1. The van der Waals surface area contributed by atoms with Gasteiger partial charge in [0, 0.05) is 24.1 Å². The van der Waals surface area contributed by atoms with Crippen LogP contribution in [0, 0.1) is 0 Å². The lowest BCUT2D eigenvalue weighted by molar-refractivity contribution is -0.116. The molecule has 2 aliphatic heterocycles. The van der Waals surface area contributed by atoms with Crippen molar-refractivity contribution in [2.24, 2.45) is 0 Å². The Hall–Kier alpha value is -2.89. The molecule has 6 nitrogen and oxygen atoms in total. The van der Waals surface area contributed by atoms with E-state index in [4.69, 9.17) is 14.2 Å². The van der Waals surface area contributed by atoms with E-state index in [9.17, 15) is 9.90 Å². The summed E-state index contributed by atoms with van der Waals surface area (Å²) in [4.78, 5) is 12.0. The minimum Gasteiger partial charge on any atom is -0.504 e. The van der Waals surface area contributed by atoms with Gasteiger partial charge in [0.25, 0.3) is 0 Å². The molecule has 6 heteroatoms. The molecule has 0 saturated carbocycles. The maximum absolute atomic E-state index is 12.0. The van der Waals surface area contributed by atoms with Gasteiger partial charge < -0.3 is 24.6 Å². The van der Waals surface area contributed by atoms with Crippen LogP contribution in [0.25, 0.3) is 0 Å². The van der Waals surface area contributed by atoms with Crippen molar-refractivity contribution in [3.05, 3.63) is 41.5 Å². The van der Waals surface area contributed by atoms with Crippen LogP contribution in [0.5, 0.6) is 23.0 Å². The summed E-state index contributed by atoms with van der Waals surface area (Å²) in [7, 11) is 1.50. The minimum absolute atomic E-state index is 0.0540. The summed E-state index contributed by atoms with van der Waals surface area (Å²) in [6.45, 7) is 0.181. The zero-order chi connectivity index (χ0) is 16.0. The van der Waals surface area contributed by atoms with Crippen molar-refractivity contribution < 1.29 is 24.1 Å². The van der Waals surface area contributed by atoms with E-state index < -0.39 is 0 Å². The van der Waals surface area contributed by atoms with Gasteiger partial charge in [0.1, 0.15) is 0 Å². The highest BCUT2D eigenvalue weighted by molar-refractivity contribution is 5.96. The van der Waals surface area contributed by atoms with Gasteiger partial charge in [-0.1, -0.05) is 6.07 Å². The fourth-order valence-electron chi connectivity index (χ4n) is 3.07. The number of carbonyl (C=O) groups is 1. The number of hydrogen-bond acceptors (Lipinski definition) is 5. The van der Waals surface area contributed by atoms with E-state index >= 15 is 0 Å². The molecule has 0 unspecified atom stereocenters. The summed E-state index contributed by atoms with van der Waals surface area (Å²) in [6.07, 6.45) is 0.304. The Bertz CT molecular complexity index is 802. The maximum Gasteiger partial charge on any atom is 0.231 e. The number of anilines is 1. The van der Waals surface area contributed by atoms with E-state index in [0.717, 1.165) is 11.1 Å². The maximum atomic E-state index is 12.0. The molecule has 0 bridgehead atoms. The van der Waals surface area contributed by atoms with Gasteiger partial charge in [0.05, 0.1) is 7.11 Å². The Labute approximate surface area is 132 Å². The van der Waals surface area contributed by atoms with Crippen molar-refractivity contribution in [3.8, 4) is 23.0 Å². The van der Waals surface area contributed by atoms with Crippen LogP contribution in [-0.2, 0) is 4.79 Å². The van der Waals surface area contributed by atoms with Crippen LogP contribution in [0.1, 0.15) is 23.5 Å². The molecule has 23 heavy (non-hydrogen) atoms. The lowest BCUT2D eigenvalue weighted by Crippen LogP contribution is -2.23. The lowest BCUT2D eigenvalue weighted by Gasteiger charge is -2.26. The summed E-state index contributed by atoms with van der Waals surface area (Å²) in [5.41, 5.74) is 2.50. The largest absolute Gasteiger partial charge is 0.504 e. The summed E-state index contributed by atoms with van der Waals surface area (Å²) in [5.74, 6) is 1.52. The molecule has 2 aromatic carbocycles. The number of fused-ring (bicyclic) bond motifs is 2.